The number of aromatic nitrogens is 2. The van der Waals surface area contributed by atoms with Crippen molar-refractivity contribution in [3.8, 4) is 22.9 Å². The van der Waals surface area contributed by atoms with E-state index in [2.05, 4.69) is 9.97 Å². The molecule has 0 saturated heterocycles. The second kappa shape index (κ2) is 5.81. The van der Waals surface area contributed by atoms with E-state index in [-0.39, 0.29) is 5.82 Å². The Hall–Kier alpha value is -2.95. The molecule has 0 spiro atoms. The third kappa shape index (κ3) is 3.20. The van der Waals surface area contributed by atoms with Crippen molar-refractivity contribution >= 4 is 5.82 Å². The van der Waals surface area contributed by atoms with Gasteiger partial charge in [0, 0.05) is 11.6 Å². The summed E-state index contributed by atoms with van der Waals surface area (Å²) in [5.74, 6) is 1.12. The van der Waals surface area contributed by atoms with Gasteiger partial charge in [-0.05, 0) is 55.0 Å². The van der Waals surface area contributed by atoms with Crippen LogP contribution in [0.1, 0.15) is 5.56 Å². The molecule has 0 aliphatic carbocycles. The normalized spacial score (nSPS) is 10.5. The molecule has 0 saturated carbocycles. The minimum Gasteiger partial charge on any atom is -0.437 e. The largest absolute Gasteiger partial charge is 0.437 e. The summed E-state index contributed by atoms with van der Waals surface area (Å²) in [6, 6.07) is 13.3. The standard InChI is InChI=1S/C17H14FN3O/c1-11-8-16(19)21-17(9-11)22-14-6-7-15(20-10-14)12-2-4-13(18)5-3-12/h2-10H,1H3,(H2,19,21). The third-order valence-corrected chi connectivity index (χ3v) is 3.06. The second-order valence-corrected chi connectivity index (χ2v) is 4.90. The van der Waals surface area contributed by atoms with E-state index in [1.165, 1.54) is 12.1 Å². The van der Waals surface area contributed by atoms with Crippen LogP contribution in [0.3, 0.4) is 0 Å². The van der Waals surface area contributed by atoms with Gasteiger partial charge in [-0.25, -0.2) is 4.39 Å². The minimum atomic E-state index is -0.271. The van der Waals surface area contributed by atoms with Gasteiger partial charge >= 0.3 is 0 Å². The molecule has 0 unspecified atom stereocenters. The average molecular weight is 295 g/mol. The molecule has 0 fully saturated rings. The molecule has 110 valence electrons. The van der Waals surface area contributed by atoms with E-state index >= 15 is 0 Å². The fourth-order valence-electron chi connectivity index (χ4n) is 2.07. The first-order valence-electron chi connectivity index (χ1n) is 6.74. The fraction of sp³-hybridized carbons (Fsp3) is 0.0588. The number of benzene rings is 1. The van der Waals surface area contributed by atoms with E-state index in [0.717, 1.165) is 16.8 Å². The number of nitrogen functional groups attached to an aromatic ring is 1. The van der Waals surface area contributed by atoms with Gasteiger partial charge in [-0.15, -0.1) is 0 Å². The number of rotatable bonds is 3. The van der Waals surface area contributed by atoms with Gasteiger partial charge in [-0.3, -0.25) is 4.98 Å². The molecular formula is C17H14FN3O. The van der Waals surface area contributed by atoms with Crippen LogP contribution >= 0.6 is 0 Å². The Bertz CT molecular complexity index is 766. The van der Waals surface area contributed by atoms with Crippen molar-refractivity contribution in [2.24, 2.45) is 0 Å². The number of nitrogens with two attached hydrogens (primary N) is 1. The first kappa shape index (κ1) is 14.0. The number of pyridine rings is 2. The van der Waals surface area contributed by atoms with E-state index in [4.69, 9.17) is 10.5 Å². The lowest BCUT2D eigenvalue weighted by atomic mass is 10.1. The monoisotopic (exact) mass is 295 g/mol. The topological polar surface area (TPSA) is 61.0 Å². The van der Waals surface area contributed by atoms with E-state index in [9.17, 15) is 4.39 Å². The van der Waals surface area contributed by atoms with Crippen LogP contribution in [0.5, 0.6) is 11.6 Å². The Balaban J connectivity index is 1.80. The smallest absolute Gasteiger partial charge is 0.221 e. The predicted octanol–water partition coefficient (Wildman–Crippen LogP) is 3.97. The van der Waals surface area contributed by atoms with E-state index in [0.29, 0.717) is 17.4 Å². The number of hydrogen-bond acceptors (Lipinski definition) is 4. The average Bonchev–Trinajstić information content (AvgIpc) is 2.48. The molecule has 2 N–H and O–H groups in total. The highest BCUT2D eigenvalue weighted by Crippen LogP contribution is 2.24. The molecular weight excluding hydrogens is 281 g/mol. The second-order valence-electron chi connectivity index (χ2n) is 4.90. The Morgan fingerprint density at radius 2 is 1.82 bits per heavy atom. The number of ether oxygens (including phenoxy) is 1. The summed E-state index contributed by atoms with van der Waals surface area (Å²) in [4.78, 5) is 8.42. The Morgan fingerprint density at radius 3 is 2.45 bits per heavy atom. The van der Waals surface area contributed by atoms with Gasteiger partial charge in [-0.2, -0.15) is 4.98 Å². The lowest BCUT2D eigenvalue weighted by Crippen LogP contribution is -1.95. The number of hydrogen-bond donors (Lipinski definition) is 1. The molecule has 0 aliphatic heterocycles. The first-order valence-corrected chi connectivity index (χ1v) is 6.74. The molecule has 0 aliphatic rings. The summed E-state index contributed by atoms with van der Waals surface area (Å²) in [6.07, 6.45) is 1.60. The van der Waals surface area contributed by atoms with Crippen molar-refractivity contribution in [2.45, 2.75) is 6.92 Å². The predicted molar refractivity (Wildman–Crippen MR) is 83.1 cm³/mol. The van der Waals surface area contributed by atoms with Crippen LogP contribution in [0, 0.1) is 12.7 Å². The van der Waals surface area contributed by atoms with Crippen molar-refractivity contribution in [3.05, 3.63) is 66.1 Å². The Labute approximate surface area is 127 Å². The zero-order valence-electron chi connectivity index (χ0n) is 12.0. The van der Waals surface area contributed by atoms with Gasteiger partial charge in [0.2, 0.25) is 5.88 Å². The minimum absolute atomic E-state index is 0.271. The van der Waals surface area contributed by atoms with Crippen LogP contribution in [0.4, 0.5) is 10.2 Å². The zero-order chi connectivity index (χ0) is 15.5. The summed E-state index contributed by atoms with van der Waals surface area (Å²) < 4.78 is 18.6. The highest BCUT2D eigenvalue weighted by atomic mass is 19.1. The molecule has 0 amide bonds. The third-order valence-electron chi connectivity index (χ3n) is 3.06. The number of halogens is 1. The molecule has 2 heterocycles. The molecule has 4 nitrogen and oxygen atoms in total. The molecule has 5 heteroatoms. The van der Waals surface area contributed by atoms with Gasteiger partial charge in [0.25, 0.3) is 0 Å². The number of anilines is 1. The zero-order valence-corrected chi connectivity index (χ0v) is 12.0. The molecule has 2 aromatic heterocycles. The van der Waals surface area contributed by atoms with Crippen LogP contribution in [0.2, 0.25) is 0 Å². The Kier molecular flexibility index (Phi) is 3.70. The van der Waals surface area contributed by atoms with E-state index < -0.39 is 0 Å². The lowest BCUT2D eigenvalue weighted by Gasteiger charge is -2.07. The van der Waals surface area contributed by atoms with E-state index in [1.54, 1.807) is 36.5 Å². The summed E-state index contributed by atoms with van der Waals surface area (Å²) >= 11 is 0. The van der Waals surface area contributed by atoms with Crippen molar-refractivity contribution in [3.63, 3.8) is 0 Å². The Morgan fingerprint density at radius 1 is 1.05 bits per heavy atom. The molecule has 1 aromatic carbocycles. The highest BCUT2D eigenvalue weighted by Gasteiger charge is 2.04. The van der Waals surface area contributed by atoms with Crippen LogP contribution < -0.4 is 10.5 Å². The van der Waals surface area contributed by atoms with Crippen molar-refractivity contribution in [1.82, 2.24) is 9.97 Å². The van der Waals surface area contributed by atoms with Crippen LogP contribution in [-0.2, 0) is 0 Å². The van der Waals surface area contributed by atoms with Gasteiger partial charge in [-0.1, -0.05) is 0 Å². The number of nitrogens with zero attached hydrogens (tertiary/aromatic N) is 2. The summed E-state index contributed by atoms with van der Waals surface area (Å²) in [6.45, 7) is 1.92. The van der Waals surface area contributed by atoms with Crippen molar-refractivity contribution in [1.29, 1.82) is 0 Å². The molecule has 0 bridgehead atoms. The maximum Gasteiger partial charge on any atom is 0.221 e. The van der Waals surface area contributed by atoms with Crippen molar-refractivity contribution in [2.75, 3.05) is 5.73 Å². The molecule has 3 rings (SSSR count). The van der Waals surface area contributed by atoms with Crippen LogP contribution in [0.25, 0.3) is 11.3 Å². The lowest BCUT2D eigenvalue weighted by molar-refractivity contribution is 0.461. The summed E-state index contributed by atoms with van der Waals surface area (Å²) in [5.41, 5.74) is 8.24. The van der Waals surface area contributed by atoms with Crippen LogP contribution in [-0.4, -0.2) is 9.97 Å². The number of aryl methyl sites for hydroxylation is 1. The van der Waals surface area contributed by atoms with E-state index in [1.807, 2.05) is 13.0 Å². The SMILES string of the molecule is Cc1cc(N)nc(Oc2ccc(-c3ccc(F)cc3)nc2)c1. The van der Waals surface area contributed by atoms with Crippen LogP contribution in [0.15, 0.2) is 54.7 Å². The van der Waals surface area contributed by atoms with Gasteiger partial charge in [0.05, 0.1) is 11.9 Å². The molecule has 3 aromatic rings. The fourth-order valence-corrected chi connectivity index (χ4v) is 2.07. The summed E-state index contributed by atoms with van der Waals surface area (Å²) in [5, 5.41) is 0. The molecule has 0 radical (unpaired) electrons. The maximum atomic E-state index is 12.9. The maximum absolute atomic E-state index is 12.9. The van der Waals surface area contributed by atoms with Gasteiger partial charge < -0.3 is 10.5 Å². The highest BCUT2D eigenvalue weighted by molar-refractivity contribution is 5.59. The molecule has 0 atom stereocenters. The quantitative estimate of drug-likeness (QED) is 0.794. The van der Waals surface area contributed by atoms with Gasteiger partial charge in [0.1, 0.15) is 17.4 Å². The van der Waals surface area contributed by atoms with Gasteiger partial charge in [0.15, 0.2) is 0 Å². The van der Waals surface area contributed by atoms with Crippen molar-refractivity contribution < 1.29 is 9.13 Å². The first-order chi connectivity index (χ1) is 10.6. The summed E-state index contributed by atoms with van der Waals surface area (Å²) in [7, 11) is 0. The molecule has 22 heavy (non-hydrogen) atoms.